The highest BCUT2D eigenvalue weighted by molar-refractivity contribution is 7.09. The molecule has 2 aromatic heterocycles. The first-order valence-electron chi connectivity index (χ1n) is 4.05. The zero-order valence-corrected chi connectivity index (χ0v) is 8.58. The van der Waals surface area contributed by atoms with Crippen LogP contribution in [0, 0.1) is 0 Å². The zero-order chi connectivity index (χ0) is 10.8. The highest BCUT2D eigenvalue weighted by Gasteiger charge is 2.12. The Bertz CT molecular complexity index is 488. The Morgan fingerprint density at radius 3 is 2.93 bits per heavy atom. The number of ether oxygens (including phenoxy) is 1. The van der Waals surface area contributed by atoms with Crippen LogP contribution in [0.2, 0.25) is 0 Å². The van der Waals surface area contributed by atoms with Crippen molar-refractivity contribution in [3.63, 3.8) is 0 Å². The fourth-order valence-corrected chi connectivity index (χ4v) is 1.73. The van der Waals surface area contributed by atoms with Crippen LogP contribution in [0.25, 0.3) is 10.6 Å². The van der Waals surface area contributed by atoms with Gasteiger partial charge in [-0.15, -0.1) is 0 Å². The third-order valence-corrected chi connectivity index (χ3v) is 2.54. The molecule has 5 nitrogen and oxygen atoms in total. The summed E-state index contributed by atoms with van der Waals surface area (Å²) in [5.74, 6) is -0.202. The minimum atomic E-state index is -1.09. The van der Waals surface area contributed by atoms with E-state index in [9.17, 15) is 4.79 Å². The Hall–Kier alpha value is -1.82. The molecular weight excluding hydrogens is 218 g/mol. The predicted molar refractivity (Wildman–Crippen MR) is 53.3 cm³/mol. The van der Waals surface area contributed by atoms with Crippen LogP contribution < -0.4 is 4.74 Å². The van der Waals surface area contributed by atoms with E-state index in [-0.39, 0.29) is 5.76 Å². The lowest BCUT2D eigenvalue weighted by Gasteiger charge is -1.88. The van der Waals surface area contributed by atoms with Crippen molar-refractivity contribution in [3.8, 4) is 16.5 Å². The number of carboxylic acids is 1. The summed E-state index contributed by atoms with van der Waals surface area (Å²) in [6, 6.07) is 4.69. The Labute approximate surface area is 89.1 Å². The quantitative estimate of drug-likeness (QED) is 0.866. The first-order chi connectivity index (χ1) is 7.20. The number of carbonyl (C=O) groups is 1. The molecule has 0 radical (unpaired) electrons. The second kappa shape index (κ2) is 3.74. The Balaban J connectivity index is 2.32. The molecule has 0 aromatic carbocycles. The first kappa shape index (κ1) is 9.72. The van der Waals surface area contributed by atoms with Crippen LogP contribution in [0.1, 0.15) is 10.6 Å². The average molecular weight is 225 g/mol. The minimum Gasteiger partial charge on any atom is -0.480 e. The number of carboxylic acid groups (broad SMARTS) is 1. The second-order valence-electron chi connectivity index (χ2n) is 2.70. The van der Waals surface area contributed by atoms with E-state index >= 15 is 0 Å². The van der Waals surface area contributed by atoms with Crippen molar-refractivity contribution in [1.82, 2.24) is 4.37 Å². The number of aromatic carboxylic acids is 1. The van der Waals surface area contributed by atoms with Crippen molar-refractivity contribution in [2.45, 2.75) is 0 Å². The van der Waals surface area contributed by atoms with Crippen LogP contribution in [0.4, 0.5) is 0 Å². The van der Waals surface area contributed by atoms with Crippen LogP contribution in [0.3, 0.4) is 0 Å². The van der Waals surface area contributed by atoms with Crippen LogP contribution in [0.15, 0.2) is 22.6 Å². The SMILES string of the molecule is COc1cc(-c2ccc(C(=O)O)o2)sn1. The molecule has 0 spiro atoms. The molecule has 2 rings (SSSR count). The average Bonchev–Trinajstić information content (AvgIpc) is 2.86. The molecule has 0 bridgehead atoms. The summed E-state index contributed by atoms with van der Waals surface area (Å²) in [4.78, 5) is 11.3. The van der Waals surface area contributed by atoms with Crippen molar-refractivity contribution >= 4 is 17.5 Å². The van der Waals surface area contributed by atoms with Gasteiger partial charge in [-0.25, -0.2) is 4.79 Å². The third kappa shape index (κ3) is 1.84. The maximum Gasteiger partial charge on any atom is 0.371 e. The summed E-state index contributed by atoms with van der Waals surface area (Å²) in [5.41, 5.74) is 0. The maximum atomic E-state index is 10.6. The largest absolute Gasteiger partial charge is 0.480 e. The number of methoxy groups -OCH3 is 1. The number of nitrogens with zero attached hydrogens (tertiary/aromatic N) is 1. The van der Waals surface area contributed by atoms with Crippen LogP contribution >= 0.6 is 11.5 Å². The molecule has 0 fully saturated rings. The molecule has 0 unspecified atom stereocenters. The van der Waals surface area contributed by atoms with E-state index in [0.717, 1.165) is 4.88 Å². The molecule has 2 aromatic rings. The zero-order valence-electron chi connectivity index (χ0n) is 7.76. The third-order valence-electron chi connectivity index (χ3n) is 1.76. The Morgan fingerprint density at radius 1 is 1.60 bits per heavy atom. The lowest BCUT2D eigenvalue weighted by Crippen LogP contribution is -1.91. The molecule has 0 amide bonds. The Morgan fingerprint density at radius 2 is 2.40 bits per heavy atom. The second-order valence-corrected chi connectivity index (χ2v) is 3.51. The van der Waals surface area contributed by atoms with Crippen molar-refractivity contribution in [2.75, 3.05) is 7.11 Å². The molecule has 0 atom stereocenters. The maximum absolute atomic E-state index is 10.6. The number of hydrogen-bond acceptors (Lipinski definition) is 5. The lowest BCUT2D eigenvalue weighted by atomic mass is 10.3. The standard InChI is InChI=1S/C9H7NO4S/c1-13-8-4-7(15-10-8)5-2-3-6(14-5)9(11)12/h2-4H,1H3,(H,11,12). The highest BCUT2D eigenvalue weighted by Crippen LogP contribution is 2.29. The summed E-state index contributed by atoms with van der Waals surface area (Å²) >= 11 is 1.19. The van der Waals surface area contributed by atoms with E-state index in [1.807, 2.05) is 0 Å². The van der Waals surface area contributed by atoms with Gasteiger partial charge in [-0.2, -0.15) is 4.37 Å². The van der Waals surface area contributed by atoms with E-state index in [4.69, 9.17) is 14.3 Å². The van der Waals surface area contributed by atoms with Gasteiger partial charge < -0.3 is 14.3 Å². The fourth-order valence-electron chi connectivity index (χ4n) is 1.06. The van der Waals surface area contributed by atoms with Gasteiger partial charge in [0, 0.05) is 6.07 Å². The number of aromatic nitrogens is 1. The van der Waals surface area contributed by atoms with Gasteiger partial charge >= 0.3 is 5.97 Å². The molecule has 2 heterocycles. The van der Waals surface area contributed by atoms with Crippen molar-refractivity contribution in [3.05, 3.63) is 24.0 Å². The summed E-state index contributed by atoms with van der Waals surface area (Å²) < 4.78 is 14.0. The molecule has 0 aliphatic heterocycles. The highest BCUT2D eigenvalue weighted by atomic mass is 32.1. The smallest absolute Gasteiger partial charge is 0.371 e. The molecule has 15 heavy (non-hydrogen) atoms. The van der Waals surface area contributed by atoms with Crippen molar-refractivity contribution in [1.29, 1.82) is 0 Å². The van der Waals surface area contributed by atoms with Crippen LogP contribution in [-0.2, 0) is 0 Å². The lowest BCUT2D eigenvalue weighted by molar-refractivity contribution is 0.0663. The van der Waals surface area contributed by atoms with Gasteiger partial charge in [0.15, 0.2) is 0 Å². The van der Waals surface area contributed by atoms with E-state index < -0.39 is 5.97 Å². The molecule has 0 aliphatic rings. The van der Waals surface area contributed by atoms with E-state index in [1.165, 1.54) is 24.7 Å². The normalized spacial score (nSPS) is 10.2. The number of furan rings is 1. The molecular formula is C9H7NO4S. The van der Waals surface area contributed by atoms with Gasteiger partial charge in [0.05, 0.1) is 12.0 Å². The fraction of sp³-hybridized carbons (Fsp3) is 0.111. The molecule has 0 saturated carbocycles. The number of hydrogen-bond donors (Lipinski definition) is 1. The monoisotopic (exact) mass is 225 g/mol. The molecule has 0 aliphatic carbocycles. The van der Waals surface area contributed by atoms with Crippen molar-refractivity contribution in [2.24, 2.45) is 0 Å². The summed E-state index contributed by atoms with van der Waals surface area (Å²) in [7, 11) is 1.52. The molecule has 6 heteroatoms. The summed E-state index contributed by atoms with van der Waals surface area (Å²) in [6.07, 6.45) is 0. The molecule has 0 saturated heterocycles. The van der Waals surface area contributed by atoms with Gasteiger partial charge in [0.2, 0.25) is 11.6 Å². The summed E-state index contributed by atoms with van der Waals surface area (Å²) in [6.45, 7) is 0. The first-order valence-corrected chi connectivity index (χ1v) is 4.82. The van der Waals surface area contributed by atoms with Gasteiger partial charge in [0.25, 0.3) is 0 Å². The van der Waals surface area contributed by atoms with E-state index in [2.05, 4.69) is 4.37 Å². The number of rotatable bonds is 3. The van der Waals surface area contributed by atoms with Crippen LogP contribution in [0.5, 0.6) is 5.88 Å². The molecule has 78 valence electrons. The van der Waals surface area contributed by atoms with Gasteiger partial charge in [0.1, 0.15) is 5.76 Å². The van der Waals surface area contributed by atoms with Gasteiger partial charge in [-0.1, -0.05) is 0 Å². The molecule has 1 N–H and O–H groups in total. The predicted octanol–water partition coefficient (Wildman–Crippen LogP) is 2.11. The minimum absolute atomic E-state index is 0.0858. The van der Waals surface area contributed by atoms with E-state index in [1.54, 1.807) is 12.1 Å². The van der Waals surface area contributed by atoms with Crippen LogP contribution in [-0.4, -0.2) is 22.6 Å². The topological polar surface area (TPSA) is 72.6 Å². The summed E-state index contributed by atoms with van der Waals surface area (Å²) in [5, 5.41) is 8.67. The Kier molecular flexibility index (Phi) is 2.42. The van der Waals surface area contributed by atoms with Gasteiger partial charge in [-0.05, 0) is 23.7 Å². The van der Waals surface area contributed by atoms with E-state index in [0.29, 0.717) is 11.6 Å². The van der Waals surface area contributed by atoms with Crippen molar-refractivity contribution < 1.29 is 19.1 Å². The van der Waals surface area contributed by atoms with Gasteiger partial charge in [-0.3, -0.25) is 0 Å².